The molecule has 3 N–H and O–H groups in total. The molecule has 0 unspecified atom stereocenters. The summed E-state index contributed by atoms with van der Waals surface area (Å²) in [5, 5.41) is 8.88. The minimum absolute atomic E-state index is 0.0243. The maximum atomic E-state index is 12.8. The summed E-state index contributed by atoms with van der Waals surface area (Å²) in [6.07, 6.45) is 0.252. The second-order valence-electron chi connectivity index (χ2n) is 6.54. The van der Waals surface area contributed by atoms with Crippen molar-refractivity contribution in [3.05, 3.63) is 42.5 Å². The van der Waals surface area contributed by atoms with Gasteiger partial charge in [-0.25, -0.2) is 13.9 Å². The standard InChI is InChI=1S/C18H20N2O5S2/c1-11(2)9-13(18(21)19-22)20-27(23,24)12-7-8-15-17(10-12)26-16-6-4-3-5-14(16)25-15/h3-8,10-11,13,20,22H,9H2,1-2H3,(H,19,21)/t13-/m0/s1. The van der Waals surface area contributed by atoms with E-state index in [0.717, 1.165) is 10.6 Å². The summed E-state index contributed by atoms with van der Waals surface area (Å²) in [7, 11) is -3.96. The minimum atomic E-state index is -3.96. The summed E-state index contributed by atoms with van der Waals surface area (Å²) in [6.45, 7) is 3.71. The number of carbonyl (C=O) groups excluding carboxylic acids is 1. The van der Waals surface area contributed by atoms with Gasteiger partial charge in [-0.2, -0.15) is 4.72 Å². The van der Waals surface area contributed by atoms with Crippen molar-refractivity contribution in [1.82, 2.24) is 10.2 Å². The molecule has 1 amide bonds. The second-order valence-corrected chi connectivity index (χ2v) is 9.34. The Labute approximate surface area is 162 Å². The van der Waals surface area contributed by atoms with E-state index in [0.29, 0.717) is 10.6 Å². The molecule has 7 nitrogen and oxygen atoms in total. The zero-order valence-electron chi connectivity index (χ0n) is 14.8. The predicted octanol–water partition coefficient (Wildman–Crippen LogP) is 3.14. The van der Waals surface area contributed by atoms with E-state index in [1.54, 1.807) is 6.07 Å². The van der Waals surface area contributed by atoms with Crippen molar-refractivity contribution in [1.29, 1.82) is 0 Å². The van der Waals surface area contributed by atoms with E-state index in [2.05, 4.69) is 4.72 Å². The molecule has 1 aliphatic rings. The van der Waals surface area contributed by atoms with Gasteiger partial charge < -0.3 is 4.74 Å². The van der Waals surface area contributed by atoms with Gasteiger partial charge >= 0.3 is 0 Å². The maximum Gasteiger partial charge on any atom is 0.261 e. The van der Waals surface area contributed by atoms with E-state index in [9.17, 15) is 13.2 Å². The van der Waals surface area contributed by atoms with Crippen LogP contribution in [0.5, 0.6) is 11.5 Å². The molecule has 0 spiro atoms. The number of hydroxylamine groups is 1. The number of fused-ring (bicyclic) bond motifs is 2. The molecule has 0 radical (unpaired) electrons. The van der Waals surface area contributed by atoms with Crippen molar-refractivity contribution in [3.8, 4) is 11.5 Å². The van der Waals surface area contributed by atoms with Gasteiger partial charge in [0.15, 0.2) is 0 Å². The van der Waals surface area contributed by atoms with Crippen LogP contribution in [0.4, 0.5) is 0 Å². The van der Waals surface area contributed by atoms with E-state index in [-0.39, 0.29) is 17.2 Å². The quantitative estimate of drug-likeness (QED) is 0.428. The van der Waals surface area contributed by atoms with Crippen LogP contribution >= 0.6 is 11.8 Å². The molecule has 1 aliphatic heterocycles. The van der Waals surface area contributed by atoms with Crippen LogP contribution in [0.2, 0.25) is 0 Å². The predicted molar refractivity (Wildman–Crippen MR) is 101 cm³/mol. The van der Waals surface area contributed by atoms with Crippen LogP contribution in [-0.2, 0) is 14.8 Å². The maximum absolute atomic E-state index is 12.8. The molecular formula is C18H20N2O5S2. The Hall–Kier alpha value is -2.07. The highest BCUT2D eigenvalue weighted by atomic mass is 32.2. The number of amides is 1. The Kier molecular flexibility index (Phi) is 5.75. The monoisotopic (exact) mass is 408 g/mol. The highest BCUT2D eigenvalue weighted by Crippen LogP contribution is 2.47. The van der Waals surface area contributed by atoms with Gasteiger partial charge in [0.1, 0.15) is 17.5 Å². The fourth-order valence-corrected chi connectivity index (χ4v) is 4.99. The van der Waals surface area contributed by atoms with Crippen molar-refractivity contribution in [2.75, 3.05) is 0 Å². The van der Waals surface area contributed by atoms with Gasteiger partial charge in [0.2, 0.25) is 10.0 Å². The zero-order chi connectivity index (χ0) is 19.6. The number of ether oxygens (including phenoxy) is 1. The van der Waals surface area contributed by atoms with Gasteiger partial charge in [-0.05, 0) is 42.7 Å². The lowest BCUT2D eigenvalue weighted by Crippen LogP contribution is -2.46. The highest BCUT2D eigenvalue weighted by molar-refractivity contribution is 7.99. The molecule has 27 heavy (non-hydrogen) atoms. The van der Waals surface area contributed by atoms with Gasteiger partial charge in [-0.15, -0.1) is 0 Å². The Morgan fingerprint density at radius 1 is 1.15 bits per heavy atom. The van der Waals surface area contributed by atoms with Crippen molar-refractivity contribution in [2.45, 2.75) is 41.0 Å². The number of hydrogen-bond acceptors (Lipinski definition) is 6. The molecule has 1 atom stereocenters. The number of benzene rings is 2. The van der Waals surface area contributed by atoms with Gasteiger partial charge in [0, 0.05) is 0 Å². The normalized spacial score (nSPS) is 14.1. The summed E-state index contributed by atoms with van der Waals surface area (Å²) in [5.74, 6) is 0.556. The van der Waals surface area contributed by atoms with E-state index in [4.69, 9.17) is 9.94 Å². The van der Waals surface area contributed by atoms with E-state index >= 15 is 0 Å². The highest BCUT2D eigenvalue weighted by Gasteiger charge is 2.28. The van der Waals surface area contributed by atoms with Gasteiger partial charge in [0.25, 0.3) is 5.91 Å². The molecule has 144 valence electrons. The molecule has 0 aliphatic carbocycles. The number of carbonyl (C=O) groups is 1. The molecular weight excluding hydrogens is 388 g/mol. The summed E-state index contributed by atoms with van der Waals surface area (Å²) < 4.78 is 33.7. The van der Waals surface area contributed by atoms with Gasteiger partial charge in [-0.1, -0.05) is 37.7 Å². The van der Waals surface area contributed by atoms with Crippen LogP contribution in [-0.4, -0.2) is 25.6 Å². The fourth-order valence-electron chi connectivity index (χ4n) is 2.69. The minimum Gasteiger partial charge on any atom is -0.455 e. The SMILES string of the molecule is CC(C)C[C@H](NS(=O)(=O)c1ccc2c(c1)Sc1ccccc1O2)C(=O)NO. The van der Waals surface area contributed by atoms with Crippen LogP contribution in [0.3, 0.4) is 0 Å². The van der Waals surface area contributed by atoms with E-state index < -0.39 is 22.0 Å². The summed E-state index contributed by atoms with van der Waals surface area (Å²) >= 11 is 1.42. The number of hydrogen-bond donors (Lipinski definition) is 3. The van der Waals surface area contributed by atoms with E-state index in [1.807, 2.05) is 38.1 Å². The molecule has 2 aromatic carbocycles. The van der Waals surface area contributed by atoms with Gasteiger partial charge in [-0.3, -0.25) is 10.0 Å². The molecule has 0 aromatic heterocycles. The summed E-state index contributed by atoms with van der Waals surface area (Å²) in [5.41, 5.74) is 1.52. The average molecular weight is 409 g/mol. The van der Waals surface area contributed by atoms with Crippen molar-refractivity contribution >= 4 is 27.7 Å². The van der Waals surface area contributed by atoms with Crippen LogP contribution in [0, 0.1) is 5.92 Å². The van der Waals surface area contributed by atoms with Crippen molar-refractivity contribution in [2.24, 2.45) is 5.92 Å². The number of sulfonamides is 1. The first-order valence-electron chi connectivity index (χ1n) is 8.35. The topological polar surface area (TPSA) is 105 Å². The lowest BCUT2D eigenvalue weighted by molar-refractivity contribution is -0.131. The third kappa shape index (κ3) is 4.44. The van der Waals surface area contributed by atoms with Crippen LogP contribution in [0.15, 0.2) is 57.2 Å². The first kappa shape index (κ1) is 19.7. The molecule has 2 aromatic rings. The van der Waals surface area contributed by atoms with Crippen LogP contribution in [0.25, 0.3) is 0 Å². The molecule has 0 bridgehead atoms. The smallest absolute Gasteiger partial charge is 0.261 e. The first-order chi connectivity index (χ1) is 12.8. The van der Waals surface area contributed by atoms with E-state index in [1.165, 1.54) is 29.4 Å². The van der Waals surface area contributed by atoms with Crippen LogP contribution < -0.4 is 14.9 Å². The van der Waals surface area contributed by atoms with Crippen molar-refractivity contribution < 1.29 is 23.2 Å². The average Bonchev–Trinajstić information content (AvgIpc) is 2.64. The third-order valence-electron chi connectivity index (χ3n) is 3.95. The molecule has 9 heteroatoms. The lowest BCUT2D eigenvalue weighted by atomic mass is 10.0. The number of para-hydroxylation sites is 1. The summed E-state index contributed by atoms with van der Waals surface area (Å²) in [6, 6.07) is 11.0. The molecule has 0 saturated heterocycles. The third-order valence-corrected chi connectivity index (χ3v) is 6.51. The zero-order valence-corrected chi connectivity index (χ0v) is 16.4. The molecule has 0 fully saturated rings. The largest absolute Gasteiger partial charge is 0.455 e. The molecule has 3 rings (SSSR count). The number of rotatable bonds is 6. The molecule has 0 saturated carbocycles. The number of nitrogens with one attached hydrogen (secondary N) is 2. The Morgan fingerprint density at radius 3 is 2.56 bits per heavy atom. The Balaban J connectivity index is 1.86. The molecule has 1 heterocycles. The Bertz CT molecular complexity index is 960. The van der Waals surface area contributed by atoms with Gasteiger partial charge in [0.05, 0.1) is 14.7 Å². The van der Waals surface area contributed by atoms with Crippen molar-refractivity contribution in [3.63, 3.8) is 0 Å². The summed E-state index contributed by atoms with van der Waals surface area (Å²) in [4.78, 5) is 13.4. The Morgan fingerprint density at radius 2 is 1.85 bits per heavy atom. The van der Waals surface area contributed by atoms with Crippen LogP contribution in [0.1, 0.15) is 20.3 Å². The fraction of sp³-hybridized carbons (Fsp3) is 0.278. The second kappa shape index (κ2) is 7.89. The lowest BCUT2D eigenvalue weighted by Gasteiger charge is -2.21. The first-order valence-corrected chi connectivity index (χ1v) is 10.6.